The van der Waals surface area contributed by atoms with Gasteiger partial charge in [0.1, 0.15) is 0 Å². The van der Waals surface area contributed by atoms with Crippen LogP contribution in [0.4, 0.5) is 5.69 Å². The minimum atomic E-state index is -1.37. The highest BCUT2D eigenvalue weighted by molar-refractivity contribution is 6.58. The highest BCUT2D eigenvalue weighted by Crippen LogP contribution is 2.01. The summed E-state index contributed by atoms with van der Waals surface area (Å²) in [6.45, 7) is 0. The van der Waals surface area contributed by atoms with Crippen molar-refractivity contribution in [3.05, 3.63) is 24.3 Å². The maximum absolute atomic E-state index is 8.72. The first-order valence-electron chi connectivity index (χ1n) is 3.38. The predicted octanol–water partition coefficient (Wildman–Crippen LogP) is -0.592. The molecule has 0 saturated heterocycles. The first-order valence-corrected chi connectivity index (χ1v) is 3.38. The third-order valence-corrected chi connectivity index (χ3v) is 1.50. The van der Waals surface area contributed by atoms with Gasteiger partial charge in [0.05, 0.1) is 0 Å². The number of nitrogens with one attached hydrogen (secondary N) is 1. The number of hydrogen-bond donors (Lipinski definition) is 3. The fraction of sp³-hybridized carbons (Fsp3) is 0.143. The van der Waals surface area contributed by atoms with Crippen molar-refractivity contribution in [1.82, 2.24) is 0 Å². The van der Waals surface area contributed by atoms with Gasteiger partial charge in [-0.15, -0.1) is 0 Å². The number of anilines is 1. The van der Waals surface area contributed by atoms with Gasteiger partial charge in [0.15, 0.2) is 0 Å². The first kappa shape index (κ1) is 8.10. The third kappa shape index (κ3) is 1.96. The van der Waals surface area contributed by atoms with Crippen molar-refractivity contribution in [2.24, 2.45) is 0 Å². The van der Waals surface area contributed by atoms with Gasteiger partial charge in [-0.3, -0.25) is 0 Å². The fourth-order valence-electron chi connectivity index (χ4n) is 0.822. The molecule has 11 heavy (non-hydrogen) atoms. The number of rotatable bonds is 2. The summed E-state index contributed by atoms with van der Waals surface area (Å²) in [5.74, 6) is 0. The van der Waals surface area contributed by atoms with Crippen LogP contribution in [0.15, 0.2) is 24.3 Å². The number of hydrogen-bond acceptors (Lipinski definition) is 3. The Morgan fingerprint density at radius 2 is 1.73 bits per heavy atom. The van der Waals surface area contributed by atoms with E-state index in [-0.39, 0.29) is 0 Å². The molecule has 0 spiro atoms. The van der Waals surface area contributed by atoms with E-state index in [1.54, 1.807) is 24.3 Å². The lowest BCUT2D eigenvalue weighted by atomic mass is 9.80. The van der Waals surface area contributed by atoms with Crippen molar-refractivity contribution in [1.29, 1.82) is 0 Å². The van der Waals surface area contributed by atoms with Crippen molar-refractivity contribution < 1.29 is 10.0 Å². The van der Waals surface area contributed by atoms with Gasteiger partial charge in [0.25, 0.3) is 0 Å². The molecule has 1 rings (SSSR count). The lowest BCUT2D eigenvalue weighted by Crippen LogP contribution is -2.29. The normalized spacial score (nSPS) is 9.36. The zero-order valence-corrected chi connectivity index (χ0v) is 6.28. The highest BCUT2D eigenvalue weighted by Gasteiger charge is 2.08. The van der Waals surface area contributed by atoms with Crippen molar-refractivity contribution in [2.75, 3.05) is 12.4 Å². The summed E-state index contributed by atoms with van der Waals surface area (Å²) in [6.07, 6.45) is 0. The van der Waals surface area contributed by atoms with Gasteiger partial charge in [0.2, 0.25) is 0 Å². The second kappa shape index (κ2) is 3.41. The third-order valence-electron chi connectivity index (χ3n) is 1.50. The smallest absolute Gasteiger partial charge is 0.423 e. The second-order valence-electron chi connectivity index (χ2n) is 2.25. The Morgan fingerprint density at radius 3 is 2.09 bits per heavy atom. The van der Waals surface area contributed by atoms with Crippen LogP contribution in [0.1, 0.15) is 0 Å². The quantitative estimate of drug-likeness (QED) is 0.495. The molecule has 3 N–H and O–H groups in total. The Hall–Kier alpha value is -0.995. The predicted molar refractivity (Wildman–Crippen MR) is 45.8 cm³/mol. The average molecular weight is 151 g/mol. The van der Waals surface area contributed by atoms with Crippen LogP contribution >= 0.6 is 0 Å². The zero-order chi connectivity index (χ0) is 8.27. The summed E-state index contributed by atoms with van der Waals surface area (Å²) in [7, 11) is 0.436. The molecule has 4 heteroatoms. The monoisotopic (exact) mass is 151 g/mol. The van der Waals surface area contributed by atoms with Crippen LogP contribution in [0, 0.1) is 0 Å². The lowest BCUT2D eigenvalue weighted by molar-refractivity contribution is 0.426. The van der Waals surface area contributed by atoms with E-state index in [1.807, 2.05) is 7.05 Å². The minimum Gasteiger partial charge on any atom is -0.423 e. The van der Waals surface area contributed by atoms with Crippen molar-refractivity contribution in [3.63, 3.8) is 0 Å². The van der Waals surface area contributed by atoms with E-state index in [1.165, 1.54) is 0 Å². The van der Waals surface area contributed by atoms with E-state index >= 15 is 0 Å². The maximum atomic E-state index is 8.72. The van der Waals surface area contributed by atoms with Crippen LogP contribution in [0.25, 0.3) is 0 Å². The summed E-state index contributed by atoms with van der Waals surface area (Å²) < 4.78 is 0. The van der Waals surface area contributed by atoms with Crippen molar-refractivity contribution in [2.45, 2.75) is 0 Å². The molecule has 58 valence electrons. The summed E-state index contributed by atoms with van der Waals surface area (Å²) in [4.78, 5) is 0. The van der Waals surface area contributed by atoms with Crippen LogP contribution in [-0.2, 0) is 0 Å². The fourth-order valence-corrected chi connectivity index (χ4v) is 0.822. The molecule has 0 unspecified atom stereocenters. The Kier molecular flexibility index (Phi) is 2.51. The van der Waals surface area contributed by atoms with Gasteiger partial charge in [0, 0.05) is 12.7 Å². The highest BCUT2D eigenvalue weighted by atomic mass is 16.4. The first-order chi connectivity index (χ1) is 5.24. The Labute approximate surface area is 65.8 Å². The van der Waals surface area contributed by atoms with Crippen LogP contribution in [-0.4, -0.2) is 24.2 Å². The van der Waals surface area contributed by atoms with Crippen LogP contribution in [0.2, 0.25) is 0 Å². The van der Waals surface area contributed by atoms with E-state index < -0.39 is 7.12 Å². The van der Waals surface area contributed by atoms with Crippen molar-refractivity contribution >= 4 is 18.3 Å². The molecule has 0 radical (unpaired) electrons. The Bertz CT molecular complexity index is 222. The minimum absolute atomic E-state index is 0.504. The summed E-state index contributed by atoms with van der Waals surface area (Å²) in [5, 5.41) is 20.4. The molecule has 0 bridgehead atoms. The SMILES string of the molecule is CNc1ccc(B(O)O)cc1. The van der Waals surface area contributed by atoms with E-state index in [9.17, 15) is 0 Å². The Morgan fingerprint density at radius 1 is 1.18 bits per heavy atom. The van der Waals surface area contributed by atoms with Gasteiger partial charge >= 0.3 is 7.12 Å². The van der Waals surface area contributed by atoms with Crippen LogP contribution in [0.3, 0.4) is 0 Å². The molecular formula is C7H10BNO2. The molecule has 0 aliphatic rings. The standard InChI is InChI=1S/C7H10BNO2/c1-9-7-4-2-6(3-5-7)8(10)11/h2-5,9-11H,1H3. The molecule has 0 aliphatic carbocycles. The molecule has 0 saturated carbocycles. The molecule has 0 aromatic heterocycles. The molecule has 0 heterocycles. The van der Waals surface area contributed by atoms with Gasteiger partial charge < -0.3 is 15.4 Å². The molecule has 0 aliphatic heterocycles. The van der Waals surface area contributed by atoms with E-state index in [4.69, 9.17) is 10.0 Å². The Balaban J connectivity index is 2.83. The van der Waals surface area contributed by atoms with Crippen LogP contribution in [0.5, 0.6) is 0 Å². The average Bonchev–Trinajstić information content (AvgIpc) is 2.05. The van der Waals surface area contributed by atoms with Gasteiger partial charge in [-0.25, -0.2) is 0 Å². The molecule has 3 nitrogen and oxygen atoms in total. The van der Waals surface area contributed by atoms with E-state index in [2.05, 4.69) is 5.32 Å². The molecular weight excluding hydrogens is 141 g/mol. The van der Waals surface area contributed by atoms with E-state index in [0.717, 1.165) is 5.69 Å². The van der Waals surface area contributed by atoms with E-state index in [0.29, 0.717) is 5.46 Å². The van der Waals surface area contributed by atoms with Gasteiger partial charge in [-0.05, 0) is 17.6 Å². The lowest BCUT2D eigenvalue weighted by Gasteiger charge is -2.01. The molecule has 0 fully saturated rings. The topological polar surface area (TPSA) is 52.5 Å². The zero-order valence-electron chi connectivity index (χ0n) is 6.28. The van der Waals surface area contributed by atoms with Crippen LogP contribution < -0.4 is 10.8 Å². The summed E-state index contributed by atoms with van der Waals surface area (Å²) >= 11 is 0. The molecule has 1 aromatic rings. The summed E-state index contributed by atoms with van der Waals surface area (Å²) in [6, 6.07) is 6.90. The largest absolute Gasteiger partial charge is 0.488 e. The van der Waals surface area contributed by atoms with Crippen molar-refractivity contribution in [3.8, 4) is 0 Å². The maximum Gasteiger partial charge on any atom is 0.488 e. The molecule has 0 atom stereocenters. The number of benzene rings is 1. The molecule has 1 aromatic carbocycles. The second-order valence-corrected chi connectivity index (χ2v) is 2.25. The summed E-state index contributed by atoms with van der Waals surface area (Å²) in [5.41, 5.74) is 1.46. The molecule has 0 amide bonds. The van der Waals surface area contributed by atoms with Gasteiger partial charge in [-0.2, -0.15) is 0 Å². The van der Waals surface area contributed by atoms with Gasteiger partial charge in [-0.1, -0.05) is 12.1 Å².